The number of β-amino-alcohol motifs (C(OH)–C–C–N with tert-alkyl or cyclic N) is 1. The molecule has 2 atom stereocenters. The number of rotatable bonds is 6. The van der Waals surface area contributed by atoms with E-state index in [1.165, 1.54) is 0 Å². The Balaban J connectivity index is 1.37. The maximum absolute atomic E-state index is 11.4. The van der Waals surface area contributed by atoms with Gasteiger partial charge in [0.2, 0.25) is 0 Å². The second kappa shape index (κ2) is 7.90. The number of hydrogen-bond acceptors (Lipinski definition) is 5. The average Bonchev–Trinajstić information content (AvgIpc) is 3.00. The number of esters is 1. The molecule has 23 heavy (non-hydrogen) atoms. The van der Waals surface area contributed by atoms with Crippen LogP contribution in [0, 0.1) is 5.92 Å². The lowest BCUT2D eigenvalue weighted by Crippen LogP contribution is -2.42. The van der Waals surface area contributed by atoms with Crippen molar-refractivity contribution in [1.29, 1.82) is 0 Å². The van der Waals surface area contributed by atoms with Gasteiger partial charge in [0.25, 0.3) is 0 Å². The fraction of sp³-hybridized carbons (Fsp3) is 0.611. The van der Waals surface area contributed by atoms with E-state index in [0.717, 1.165) is 44.5 Å². The van der Waals surface area contributed by atoms with Gasteiger partial charge in [0.05, 0.1) is 12.7 Å². The maximum Gasteiger partial charge on any atom is 0.323 e. The van der Waals surface area contributed by atoms with Gasteiger partial charge in [-0.05, 0) is 44.0 Å². The molecule has 126 valence electrons. The molecule has 0 bridgehead atoms. The second-order valence-corrected chi connectivity index (χ2v) is 6.59. The van der Waals surface area contributed by atoms with Gasteiger partial charge in [-0.2, -0.15) is 0 Å². The summed E-state index contributed by atoms with van der Waals surface area (Å²) in [6.07, 6.45) is 2.59. The van der Waals surface area contributed by atoms with E-state index in [1.54, 1.807) is 0 Å². The topological polar surface area (TPSA) is 61.8 Å². The third kappa shape index (κ3) is 4.53. The van der Waals surface area contributed by atoms with Crippen LogP contribution in [0.1, 0.15) is 30.9 Å². The molecule has 0 radical (unpaired) electrons. The lowest BCUT2D eigenvalue weighted by Gasteiger charge is -2.33. The number of hydrogen-bond donors (Lipinski definition) is 2. The van der Waals surface area contributed by atoms with E-state index in [-0.39, 0.29) is 12.0 Å². The van der Waals surface area contributed by atoms with Crippen LogP contribution < -0.4 is 5.32 Å². The van der Waals surface area contributed by atoms with Crippen molar-refractivity contribution in [2.45, 2.75) is 31.4 Å². The fourth-order valence-electron chi connectivity index (χ4n) is 3.39. The van der Waals surface area contributed by atoms with Crippen molar-refractivity contribution in [2.24, 2.45) is 5.92 Å². The summed E-state index contributed by atoms with van der Waals surface area (Å²) in [5.41, 5.74) is 0.982. The van der Waals surface area contributed by atoms with Gasteiger partial charge >= 0.3 is 5.97 Å². The van der Waals surface area contributed by atoms with Gasteiger partial charge < -0.3 is 20.1 Å². The first kappa shape index (κ1) is 16.4. The molecule has 0 spiro atoms. The van der Waals surface area contributed by atoms with E-state index in [4.69, 9.17) is 4.74 Å². The normalized spacial score (nSPS) is 24.6. The van der Waals surface area contributed by atoms with Gasteiger partial charge in [0, 0.05) is 13.0 Å². The summed E-state index contributed by atoms with van der Waals surface area (Å²) in [5, 5.41) is 13.6. The minimum absolute atomic E-state index is 0.103. The van der Waals surface area contributed by atoms with Crippen LogP contribution in [0.5, 0.6) is 0 Å². The number of aliphatic hydroxyl groups excluding tert-OH is 1. The van der Waals surface area contributed by atoms with Crippen molar-refractivity contribution >= 4 is 5.97 Å². The fourth-order valence-corrected chi connectivity index (χ4v) is 3.39. The molecule has 2 aliphatic heterocycles. The molecule has 2 saturated heterocycles. The number of carbonyl (C=O) groups excluding carboxylic acids is 1. The smallest absolute Gasteiger partial charge is 0.323 e. The lowest BCUT2D eigenvalue weighted by atomic mass is 9.95. The van der Waals surface area contributed by atoms with Crippen LogP contribution in [0.4, 0.5) is 0 Å². The van der Waals surface area contributed by atoms with E-state index in [1.807, 2.05) is 30.3 Å². The first-order valence-corrected chi connectivity index (χ1v) is 8.58. The zero-order valence-electron chi connectivity index (χ0n) is 13.5. The number of aliphatic hydroxyl groups is 1. The van der Waals surface area contributed by atoms with Crippen LogP contribution in [0.3, 0.4) is 0 Å². The Morgan fingerprint density at radius 2 is 1.96 bits per heavy atom. The Bertz CT molecular complexity index is 500. The minimum Gasteiger partial charge on any atom is -0.464 e. The summed E-state index contributed by atoms with van der Waals surface area (Å²) in [4.78, 5) is 13.8. The molecule has 3 rings (SSSR count). The Kier molecular flexibility index (Phi) is 5.65. The van der Waals surface area contributed by atoms with Crippen molar-refractivity contribution in [3.8, 4) is 0 Å². The zero-order valence-corrected chi connectivity index (χ0v) is 13.5. The molecule has 5 heteroatoms. The molecule has 5 nitrogen and oxygen atoms in total. The van der Waals surface area contributed by atoms with Gasteiger partial charge in [0.15, 0.2) is 0 Å². The monoisotopic (exact) mass is 318 g/mol. The first-order chi connectivity index (χ1) is 11.2. The van der Waals surface area contributed by atoms with Crippen LogP contribution in [-0.2, 0) is 9.53 Å². The van der Waals surface area contributed by atoms with Crippen LogP contribution in [0.2, 0.25) is 0 Å². The summed E-state index contributed by atoms with van der Waals surface area (Å²) >= 11 is 0. The van der Waals surface area contributed by atoms with Gasteiger partial charge in [0.1, 0.15) is 6.04 Å². The Morgan fingerprint density at radius 1 is 1.22 bits per heavy atom. The number of nitrogens with one attached hydrogen (secondary N) is 1. The van der Waals surface area contributed by atoms with Gasteiger partial charge in [-0.1, -0.05) is 30.3 Å². The second-order valence-electron chi connectivity index (χ2n) is 6.59. The van der Waals surface area contributed by atoms with Crippen molar-refractivity contribution in [2.75, 3.05) is 32.8 Å². The van der Waals surface area contributed by atoms with Crippen molar-refractivity contribution in [1.82, 2.24) is 10.2 Å². The number of likely N-dealkylation sites (tertiary alicyclic amines) is 1. The molecule has 2 fully saturated rings. The predicted octanol–water partition coefficient (Wildman–Crippen LogP) is 1.34. The molecule has 1 aromatic rings. The van der Waals surface area contributed by atoms with Crippen LogP contribution in [0.25, 0.3) is 0 Å². The van der Waals surface area contributed by atoms with Gasteiger partial charge in [-0.3, -0.25) is 4.79 Å². The highest BCUT2D eigenvalue weighted by Crippen LogP contribution is 2.20. The predicted molar refractivity (Wildman–Crippen MR) is 87.9 cm³/mol. The Morgan fingerprint density at radius 3 is 2.61 bits per heavy atom. The van der Waals surface area contributed by atoms with E-state index in [9.17, 15) is 9.90 Å². The number of cyclic esters (lactones) is 1. The average molecular weight is 318 g/mol. The summed E-state index contributed by atoms with van der Waals surface area (Å²) in [6, 6.07) is 9.74. The standard InChI is InChI=1S/C18H26N2O3/c21-17(15-4-2-1-3-5-15)13-20-9-6-14(7-10-20)12-19-16-8-11-23-18(16)22/h1-5,14,16-17,19,21H,6-13H2/t16-,17+/m1/s1. The zero-order chi connectivity index (χ0) is 16.1. The Labute approximate surface area is 137 Å². The third-order valence-electron chi connectivity index (χ3n) is 4.91. The Hall–Kier alpha value is -1.43. The molecule has 2 N–H and O–H groups in total. The molecule has 0 amide bonds. The highest BCUT2D eigenvalue weighted by Gasteiger charge is 2.28. The van der Waals surface area contributed by atoms with Gasteiger partial charge in [-0.25, -0.2) is 0 Å². The van der Waals surface area contributed by atoms with Crippen LogP contribution in [0.15, 0.2) is 30.3 Å². The maximum atomic E-state index is 11.4. The largest absolute Gasteiger partial charge is 0.464 e. The van der Waals surface area contributed by atoms with Gasteiger partial charge in [-0.15, -0.1) is 0 Å². The molecule has 0 aromatic heterocycles. The molecule has 0 unspecified atom stereocenters. The molecule has 1 aromatic carbocycles. The number of nitrogens with zero attached hydrogens (tertiary/aromatic N) is 1. The molecular weight excluding hydrogens is 292 g/mol. The number of benzene rings is 1. The van der Waals surface area contributed by atoms with E-state index in [2.05, 4.69) is 10.2 Å². The first-order valence-electron chi connectivity index (χ1n) is 8.58. The van der Waals surface area contributed by atoms with Crippen molar-refractivity contribution < 1.29 is 14.6 Å². The number of piperidine rings is 1. The summed E-state index contributed by atoms with van der Waals surface area (Å²) in [6.45, 7) is 4.14. The van der Waals surface area contributed by atoms with E-state index >= 15 is 0 Å². The minimum atomic E-state index is -0.417. The quantitative estimate of drug-likeness (QED) is 0.775. The van der Waals surface area contributed by atoms with Crippen molar-refractivity contribution in [3.63, 3.8) is 0 Å². The SMILES string of the molecule is O=C1OCC[C@H]1NCC1CCN(C[C@H](O)c2ccccc2)CC1. The number of carbonyl (C=O) groups is 1. The molecule has 2 heterocycles. The molecular formula is C18H26N2O3. The molecule has 0 saturated carbocycles. The molecule has 2 aliphatic rings. The third-order valence-corrected chi connectivity index (χ3v) is 4.91. The van der Waals surface area contributed by atoms with Crippen molar-refractivity contribution in [3.05, 3.63) is 35.9 Å². The summed E-state index contributed by atoms with van der Waals surface area (Å²) < 4.78 is 4.97. The van der Waals surface area contributed by atoms with Crippen LogP contribution in [-0.4, -0.2) is 54.8 Å². The van der Waals surface area contributed by atoms with E-state index < -0.39 is 6.10 Å². The molecule has 0 aliphatic carbocycles. The number of ether oxygens (including phenoxy) is 1. The lowest BCUT2D eigenvalue weighted by molar-refractivity contribution is -0.139. The van der Waals surface area contributed by atoms with Crippen LogP contribution >= 0.6 is 0 Å². The summed E-state index contributed by atoms with van der Waals surface area (Å²) in [7, 11) is 0. The summed E-state index contributed by atoms with van der Waals surface area (Å²) in [5.74, 6) is 0.502. The highest BCUT2D eigenvalue weighted by molar-refractivity contribution is 5.77. The van der Waals surface area contributed by atoms with E-state index in [0.29, 0.717) is 19.1 Å². The highest BCUT2D eigenvalue weighted by atomic mass is 16.5.